The van der Waals surface area contributed by atoms with E-state index in [0.717, 1.165) is 25.0 Å². The highest BCUT2D eigenvalue weighted by Crippen LogP contribution is 2.33. The number of hydrogen-bond donors (Lipinski definition) is 0. The van der Waals surface area contributed by atoms with Crippen molar-refractivity contribution in [2.75, 3.05) is 7.11 Å². The number of para-hydroxylation sites is 1. The van der Waals surface area contributed by atoms with Gasteiger partial charge in [-0.2, -0.15) is 0 Å². The van der Waals surface area contributed by atoms with Crippen molar-refractivity contribution < 1.29 is 18.7 Å². The van der Waals surface area contributed by atoms with Crippen LogP contribution in [-0.2, 0) is 11.4 Å². The van der Waals surface area contributed by atoms with Gasteiger partial charge in [-0.25, -0.2) is 4.39 Å². The molecule has 1 atom stereocenters. The number of thioether (sulfide) groups is 1. The molecule has 0 bridgehead atoms. The van der Waals surface area contributed by atoms with Gasteiger partial charge in [-0.15, -0.1) is 10.2 Å². The zero-order valence-electron chi connectivity index (χ0n) is 16.6. The molecular weight excluding hydrogens is 405 g/mol. The molecule has 4 rings (SSSR count). The van der Waals surface area contributed by atoms with Crippen LogP contribution in [0.25, 0.3) is 5.69 Å². The van der Waals surface area contributed by atoms with Crippen LogP contribution in [0.1, 0.15) is 31.5 Å². The molecule has 1 fully saturated rings. The van der Waals surface area contributed by atoms with Gasteiger partial charge in [-0.3, -0.25) is 9.36 Å². The van der Waals surface area contributed by atoms with E-state index in [4.69, 9.17) is 9.47 Å². The monoisotopic (exact) mass is 427 g/mol. The first-order chi connectivity index (χ1) is 14.7. The Morgan fingerprint density at radius 1 is 1.10 bits per heavy atom. The summed E-state index contributed by atoms with van der Waals surface area (Å²) in [6, 6.07) is 13.6. The molecule has 1 saturated carbocycles. The van der Waals surface area contributed by atoms with Gasteiger partial charge in [-0.1, -0.05) is 30.3 Å². The summed E-state index contributed by atoms with van der Waals surface area (Å²) in [6.07, 6.45) is 3.31. The van der Waals surface area contributed by atoms with Crippen LogP contribution in [0.4, 0.5) is 4.39 Å². The van der Waals surface area contributed by atoms with Crippen LogP contribution in [0, 0.1) is 5.82 Å². The summed E-state index contributed by atoms with van der Waals surface area (Å²) in [5.41, 5.74) is 0.335. The molecule has 0 amide bonds. The van der Waals surface area contributed by atoms with Crippen LogP contribution in [0.3, 0.4) is 0 Å². The van der Waals surface area contributed by atoms with E-state index in [2.05, 4.69) is 10.2 Å². The van der Waals surface area contributed by atoms with E-state index in [1.165, 1.54) is 17.8 Å². The van der Waals surface area contributed by atoms with Gasteiger partial charge in [0, 0.05) is 6.42 Å². The molecule has 156 valence electrons. The Hall–Kier alpha value is -2.87. The summed E-state index contributed by atoms with van der Waals surface area (Å²) in [6.45, 7) is 0.104. The molecule has 30 heavy (non-hydrogen) atoms. The Bertz CT molecular complexity index is 1020. The topological polar surface area (TPSA) is 66.2 Å². The van der Waals surface area contributed by atoms with Gasteiger partial charge in [0.15, 0.2) is 11.0 Å². The summed E-state index contributed by atoms with van der Waals surface area (Å²) >= 11 is 1.35. The molecule has 6 nitrogen and oxygen atoms in total. The lowest BCUT2D eigenvalue weighted by molar-refractivity contribution is -0.119. The van der Waals surface area contributed by atoms with Crippen LogP contribution in [-0.4, -0.2) is 32.9 Å². The highest BCUT2D eigenvalue weighted by atomic mass is 32.2. The highest BCUT2D eigenvalue weighted by molar-refractivity contribution is 8.00. The zero-order chi connectivity index (χ0) is 20.9. The third kappa shape index (κ3) is 4.48. The number of rotatable bonds is 7. The number of benzene rings is 2. The maximum absolute atomic E-state index is 14.6. The lowest BCUT2D eigenvalue weighted by Gasteiger charge is -2.20. The Labute approximate surface area is 178 Å². The molecule has 1 aromatic heterocycles. The van der Waals surface area contributed by atoms with Crippen molar-refractivity contribution in [2.45, 2.75) is 42.7 Å². The quantitative estimate of drug-likeness (QED) is 0.549. The second-order valence-electron chi connectivity index (χ2n) is 6.97. The van der Waals surface area contributed by atoms with Crippen molar-refractivity contribution >= 4 is 17.5 Å². The lowest BCUT2D eigenvalue weighted by atomic mass is 9.99. The van der Waals surface area contributed by atoms with Gasteiger partial charge in [0.25, 0.3) is 0 Å². The van der Waals surface area contributed by atoms with Crippen molar-refractivity contribution in [1.29, 1.82) is 0 Å². The summed E-state index contributed by atoms with van der Waals surface area (Å²) in [5, 5.41) is 8.81. The minimum absolute atomic E-state index is 0.104. The second-order valence-corrected chi connectivity index (χ2v) is 8.14. The summed E-state index contributed by atoms with van der Waals surface area (Å²) < 4.78 is 27.2. The van der Waals surface area contributed by atoms with E-state index >= 15 is 0 Å². The van der Waals surface area contributed by atoms with Crippen molar-refractivity contribution in [3.05, 3.63) is 60.2 Å². The van der Waals surface area contributed by atoms with Crippen molar-refractivity contribution in [1.82, 2.24) is 14.8 Å². The number of ketones is 1. The third-order valence-electron chi connectivity index (χ3n) is 4.97. The third-order valence-corrected chi connectivity index (χ3v) is 6.23. The molecule has 8 heteroatoms. The van der Waals surface area contributed by atoms with E-state index in [1.54, 1.807) is 54.1 Å². The van der Waals surface area contributed by atoms with Gasteiger partial charge < -0.3 is 9.47 Å². The molecule has 0 N–H and O–H groups in total. The predicted octanol–water partition coefficient (Wildman–Crippen LogP) is 4.60. The molecule has 1 aliphatic carbocycles. The van der Waals surface area contributed by atoms with Crippen molar-refractivity contribution in [3.8, 4) is 17.2 Å². The number of carbonyl (C=O) groups is 1. The smallest absolute Gasteiger partial charge is 0.196 e. The predicted molar refractivity (Wildman–Crippen MR) is 112 cm³/mol. The van der Waals surface area contributed by atoms with E-state index in [0.29, 0.717) is 28.8 Å². The molecule has 1 aliphatic rings. The van der Waals surface area contributed by atoms with Crippen LogP contribution >= 0.6 is 11.8 Å². The Morgan fingerprint density at radius 2 is 1.87 bits per heavy atom. The number of ether oxygens (including phenoxy) is 2. The fourth-order valence-electron chi connectivity index (χ4n) is 3.37. The normalized spacial score (nSPS) is 16.5. The van der Waals surface area contributed by atoms with Crippen LogP contribution < -0.4 is 9.47 Å². The Morgan fingerprint density at radius 3 is 2.60 bits per heavy atom. The van der Waals surface area contributed by atoms with E-state index in [-0.39, 0.29) is 23.5 Å². The van der Waals surface area contributed by atoms with Crippen molar-refractivity contribution in [3.63, 3.8) is 0 Å². The van der Waals surface area contributed by atoms with Crippen LogP contribution in [0.2, 0.25) is 0 Å². The Balaban J connectivity index is 1.61. The summed E-state index contributed by atoms with van der Waals surface area (Å²) in [5.74, 6) is 1.65. The molecule has 1 unspecified atom stereocenters. The standard InChI is InChI=1S/C22H22FN3O3S/c1-28-15-10-12-16(13-11-15)29-14-21-24-25-22(30-20-9-5-4-8-19(20)27)26(21)18-7-3-2-6-17(18)23/h2-3,6-7,10-13,20H,4-5,8-9,14H2,1H3. The largest absolute Gasteiger partial charge is 0.497 e. The Kier molecular flexibility index (Phi) is 6.32. The maximum atomic E-state index is 14.6. The minimum atomic E-state index is -0.389. The van der Waals surface area contributed by atoms with Crippen LogP contribution in [0.15, 0.2) is 53.7 Å². The number of carbonyl (C=O) groups excluding carboxylic acids is 1. The van der Waals surface area contributed by atoms with Gasteiger partial charge in [0.2, 0.25) is 0 Å². The fraction of sp³-hybridized carbons (Fsp3) is 0.318. The van der Waals surface area contributed by atoms with E-state index in [9.17, 15) is 9.18 Å². The first-order valence-corrected chi connectivity index (χ1v) is 10.7. The number of nitrogens with zero attached hydrogens (tertiary/aromatic N) is 3. The van der Waals surface area contributed by atoms with Gasteiger partial charge >= 0.3 is 0 Å². The SMILES string of the molecule is COc1ccc(OCc2nnc(SC3CCCCC3=O)n2-c2ccccc2F)cc1. The van der Waals surface area contributed by atoms with Gasteiger partial charge in [0.1, 0.15) is 29.7 Å². The fourth-order valence-corrected chi connectivity index (χ4v) is 4.55. The molecule has 3 aromatic rings. The average molecular weight is 428 g/mol. The zero-order valence-corrected chi connectivity index (χ0v) is 17.4. The number of aromatic nitrogens is 3. The van der Waals surface area contributed by atoms with E-state index in [1.807, 2.05) is 0 Å². The first kappa shape index (κ1) is 20.4. The highest BCUT2D eigenvalue weighted by Gasteiger charge is 2.27. The molecule has 2 aromatic carbocycles. The first-order valence-electron chi connectivity index (χ1n) is 9.81. The van der Waals surface area contributed by atoms with Crippen LogP contribution in [0.5, 0.6) is 11.5 Å². The molecule has 0 radical (unpaired) electrons. The number of methoxy groups -OCH3 is 1. The number of Topliss-reactive ketones (excluding diaryl/α,β-unsaturated/α-hetero) is 1. The minimum Gasteiger partial charge on any atom is -0.497 e. The second kappa shape index (κ2) is 9.30. The van der Waals surface area contributed by atoms with Crippen molar-refractivity contribution in [2.24, 2.45) is 0 Å². The molecular formula is C22H22FN3O3S. The molecule has 0 aliphatic heterocycles. The average Bonchev–Trinajstić information content (AvgIpc) is 3.17. The number of hydrogen-bond acceptors (Lipinski definition) is 6. The van der Waals surface area contributed by atoms with E-state index < -0.39 is 0 Å². The molecule has 1 heterocycles. The maximum Gasteiger partial charge on any atom is 0.196 e. The molecule has 0 saturated heterocycles. The molecule has 0 spiro atoms. The summed E-state index contributed by atoms with van der Waals surface area (Å²) in [7, 11) is 1.60. The lowest BCUT2D eigenvalue weighted by Crippen LogP contribution is -2.22. The number of halogens is 1. The van der Waals surface area contributed by atoms with Gasteiger partial charge in [0.05, 0.1) is 18.0 Å². The summed E-state index contributed by atoms with van der Waals surface area (Å²) in [4.78, 5) is 12.3. The van der Waals surface area contributed by atoms with Gasteiger partial charge in [-0.05, 0) is 49.2 Å².